The fourth-order valence-corrected chi connectivity index (χ4v) is 2.71. The largest absolute Gasteiger partial charge is 0.467 e. The average Bonchev–Trinajstić information content (AvgIpc) is 2.50. The fraction of sp³-hybridized carbons (Fsp3) is 0.143. The van der Waals surface area contributed by atoms with Crippen LogP contribution in [0, 0.1) is 0 Å². The van der Waals surface area contributed by atoms with Gasteiger partial charge in [0.15, 0.2) is 6.79 Å². The van der Waals surface area contributed by atoms with Crippen molar-refractivity contribution in [3.8, 4) is 5.75 Å². The maximum absolute atomic E-state index is 12.1. The van der Waals surface area contributed by atoms with Gasteiger partial charge in [-0.2, -0.15) is 0 Å². The number of amides is 2. The topological polar surface area (TPSA) is 76.1 Å². The van der Waals surface area contributed by atoms with E-state index in [0.717, 1.165) is 10.9 Å². The monoisotopic (exact) mass is 271 g/mol. The van der Waals surface area contributed by atoms with E-state index >= 15 is 0 Å². The van der Waals surface area contributed by atoms with E-state index in [4.69, 9.17) is 9.47 Å². The highest BCUT2D eigenvalue weighted by Gasteiger charge is 2.34. The van der Waals surface area contributed by atoms with Crippen LogP contribution in [0.4, 0.5) is 0 Å². The van der Waals surface area contributed by atoms with Crippen molar-refractivity contribution in [1.29, 1.82) is 0 Å². The Morgan fingerprint density at radius 3 is 2.80 bits per heavy atom. The molecule has 0 saturated carbocycles. The number of benzene rings is 2. The molecule has 4 rings (SSSR count). The summed E-state index contributed by atoms with van der Waals surface area (Å²) in [7, 11) is 0. The second kappa shape index (κ2) is 3.78. The molecule has 0 bridgehead atoms. The van der Waals surface area contributed by atoms with Crippen LogP contribution in [0.1, 0.15) is 26.3 Å². The Bertz CT molecular complexity index is 783. The number of hydrogen-bond acceptors (Lipinski definition) is 5. The van der Waals surface area contributed by atoms with Crippen LogP contribution in [0.25, 0.3) is 10.8 Å². The summed E-state index contributed by atoms with van der Waals surface area (Å²) >= 11 is 0. The molecule has 2 heterocycles. The number of carbonyl (C=O) groups excluding carboxylic acids is 2. The molecule has 0 atom stereocenters. The molecule has 6 heteroatoms. The van der Waals surface area contributed by atoms with Gasteiger partial charge in [0.25, 0.3) is 11.8 Å². The van der Waals surface area contributed by atoms with E-state index in [9.17, 15) is 14.8 Å². The van der Waals surface area contributed by atoms with Crippen LogP contribution in [-0.4, -0.2) is 28.9 Å². The van der Waals surface area contributed by atoms with Gasteiger partial charge in [0.2, 0.25) is 0 Å². The summed E-state index contributed by atoms with van der Waals surface area (Å²) in [5.74, 6) is -0.908. The van der Waals surface area contributed by atoms with Crippen molar-refractivity contribution in [1.82, 2.24) is 5.06 Å². The van der Waals surface area contributed by atoms with Crippen LogP contribution in [-0.2, 0) is 11.3 Å². The van der Waals surface area contributed by atoms with Crippen LogP contribution in [0.3, 0.4) is 0 Å². The van der Waals surface area contributed by atoms with Gasteiger partial charge in [-0.15, -0.1) is 5.06 Å². The third-order valence-electron chi connectivity index (χ3n) is 3.62. The van der Waals surface area contributed by atoms with Crippen molar-refractivity contribution >= 4 is 22.6 Å². The summed E-state index contributed by atoms with van der Waals surface area (Å²) < 4.78 is 10.6. The molecule has 2 amide bonds. The van der Waals surface area contributed by atoms with E-state index in [1.807, 2.05) is 6.07 Å². The lowest BCUT2D eigenvalue weighted by Gasteiger charge is -2.26. The second-order valence-corrected chi connectivity index (χ2v) is 4.66. The number of imide groups is 1. The lowest BCUT2D eigenvalue weighted by molar-refractivity contribution is -0.0380. The molecule has 0 saturated heterocycles. The Kier molecular flexibility index (Phi) is 2.15. The lowest BCUT2D eigenvalue weighted by atomic mass is 9.91. The van der Waals surface area contributed by atoms with Gasteiger partial charge >= 0.3 is 0 Å². The molecule has 20 heavy (non-hydrogen) atoms. The highest BCUT2D eigenvalue weighted by Crippen LogP contribution is 2.38. The highest BCUT2D eigenvalue weighted by atomic mass is 16.7. The number of rotatable bonds is 0. The van der Waals surface area contributed by atoms with Crippen LogP contribution in [0.15, 0.2) is 24.3 Å². The summed E-state index contributed by atoms with van der Waals surface area (Å²) in [6.07, 6.45) is 0. The summed E-state index contributed by atoms with van der Waals surface area (Å²) in [5, 5.41) is 11.0. The molecule has 0 radical (unpaired) electrons. The minimum absolute atomic E-state index is 0.119. The first-order valence-corrected chi connectivity index (χ1v) is 6.05. The van der Waals surface area contributed by atoms with Gasteiger partial charge in [0.1, 0.15) is 5.75 Å². The standard InChI is InChI=1S/C14H9NO5/c16-13-8-3-1-2-7-10-5-19-6-20-11(10)4-9(12(7)8)14(17)15(13)18/h1-4,18H,5-6H2. The van der Waals surface area contributed by atoms with Gasteiger partial charge in [-0.05, 0) is 17.5 Å². The van der Waals surface area contributed by atoms with E-state index in [1.165, 1.54) is 0 Å². The van der Waals surface area contributed by atoms with Crippen LogP contribution < -0.4 is 4.74 Å². The van der Waals surface area contributed by atoms with E-state index in [1.54, 1.807) is 18.2 Å². The van der Waals surface area contributed by atoms with Crippen molar-refractivity contribution < 1.29 is 24.3 Å². The van der Waals surface area contributed by atoms with Crippen LogP contribution in [0.2, 0.25) is 0 Å². The third kappa shape index (κ3) is 1.29. The number of hydroxylamine groups is 2. The average molecular weight is 271 g/mol. The zero-order valence-electron chi connectivity index (χ0n) is 10.3. The molecule has 2 aliphatic rings. The third-order valence-corrected chi connectivity index (χ3v) is 3.62. The zero-order chi connectivity index (χ0) is 13.9. The second-order valence-electron chi connectivity index (χ2n) is 4.66. The molecule has 2 aromatic carbocycles. The number of nitrogens with zero attached hydrogens (tertiary/aromatic N) is 1. The van der Waals surface area contributed by atoms with Crippen molar-refractivity contribution in [2.24, 2.45) is 0 Å². The molecule has 0 spiro atoms. The molecule has 0 fully saturated rings. The Hall–Kier alpha value is -2.44. The minimum Gasteiger partial charge on any atom is -0.467 e. The fourth-order valence-electron chi connectivity index (χ4n) is 2.71. The molecular formula is C14H9NO5. The zero-order valence-corrected chi connectivity index (χ0v) is 10.3. The summed E-state index contributed by atoms with van der Waals surface area (Å²) in [4.78, 5) is 24.0. The summed E-state index contributed by atoms with van der Waals surface area (Å²) in [6, 6.07) is 6.66. The maximum Gasteiger partial charge on any atom is 0.285 e. The Morgan fingerprint density at radius 1 is 1.15 bits per heavy atom. The van der Waals surface area contributed by atoms with Gasteiger partial charge in [0.05, 0.1) is 17.7 Å². The van der Waals surface area contributed by atoms with Crippen molar-refractivity contribution in [2.45, 2.75) is 6.61 Å². The Morgan fingerprint density at radius 2 is 1.95 bits per heavy atom. The van der Waals surface area contributed by atoms with Gasteiger partial charge in [0, 0.05) is 10.9 Å². The molecule has 2 aromatic rings. The molecule has 0 unspecified atom stereocenters. The number of ether oxygens (including phenoxy) is 2. The minimum atomic E-state index is -0.739. The molecule has 0 aromatic heterocycles. The Labute approximate surface area is 113 Å². The van der Waals surface area contributed by atoms with Crippen molar-refractivity contribution in [3.63, 3.8) is 0 Å². The number of fused-ring (bicyclic) bond motifs is 2. The molecular weight excluding hydrogens is 262 g/mol. The van der Waals surface area contributed by atoms with E-state index < -0.39 is 11.8 Å². The van der Waals surface area contributed by atoms with Crippen molar-refractivity contribution in [3.05, 3.63) is 41.0 Å². The molecule has 0 aliphatic carbocycles. The smallest absolute Gasteiger partial charge is 0.285 e. The molecule has 100 valence electrons. The number of hydrogen-bond donors (Lipinski definition) is 1. The van der Waals surface area contributed by atoms with Crippen LogP contribution in [0.5, 0.6) is 5.75 Å². The highest BCUT2D eigenvalue weighted by molar-refractivity contribution is 6.25. The quantitative estimate of drug-likeness (QED) is 0.583. The van der Waals surface area contributed by atoms with Gasteiger partial charge < -0.3 is 9.47 Å². The van der Waals surface area contributed by atoms with Gasteiger partial charge in [-0.1, -0.05) is 12.1 Å². The van der Waals surface area contributed by atoms with E-state index in [2.05, 4.69) is 0 Å². The number of carbonyl (C=O) groups is 2. The summed E-state index contributed by atoms with van der Waals surface area (Å²) in [5.41, 5.74) is 1.37. The molecule has 2 aliphatic heterocycles. The van der Waals surface area contributed by atoms with E-state index in [-0.39, 0.29) is 17.4 Å². The predicted octanol–water partition coefficient (Wildman–Crippen LogP) is 1.69. The first-order chi connectivity index (χ1) is 9.68. The van der Waals surface area contributed by atoms with Gasteiger partial charge in [-0.3, -0.25) is 14.8 Å². The Balaban J connectivity index is 2.17. The van der Waals surface area contributed by atoms with Gasteiger partial charge in [-0.25, -0.2) is 0 Å². The lowest BCUT2D eigenvalue weighted by Crippen LogP contribution is -2.37. The maximum atomic E-state index is 12.1. The normalized spacial score (nSPS) is 17.1. The first kappa shape index (κ1) is 11.4. The van der Waals surface area contributed by atoms with E-state index in [0.29, 0.717) is 23.3 Å². The molecule has 6 nitrogen and oxygen atoms in total. The molecule has 1 N–H and O–H groups in total. The predicted molar refractivity (Wildman–Crippen MR) is 66.5 cm³/mol. The first-order valence-electron chi connectivity index (χ1n) is 6.05. The van der Waals surface area contributed by atoms with Crippen LogP contribution >= 0.6 is 0 Å². The SMILES string of the molecule is O=C1c2cccc3c4c(cc(c23)C(=O)N1O)OCOC4. The summed E-state index contributed by atoms with van der Waals surface area (Å²) in [6.45, 7) is 0.481. The van der Waals surface area contributed by atoms with Crippen molar-refractivity contribution in [2.75, 3.05) is 6.79 Å².